The summed E-state index contributed by atoms with van der Waals surface area (Å²) in [5, 5.41) is 18.8. The highest BCUT2D eigenvalue weighted by molar-refractivity contribution is 6.34. The molecule has 0 aliphatic rings. The molecule has 0 radical (unpaired) electrons. The van der Waals surface area contributed by atoms with Gasteiger partial charge in [0.2, 0.25) is 0 Å². The lowest BCUT2D eigenvalue weighted by Gasteiger charge is -2.10. The number of benzene rings is 3. The minimum absolute atomic E-state index is 0.0353. The Kier molecular flexibility index (Phi) is 8.72. The molecule has 0 atom stereocenters. The van der Waals surface area contributed by atoms with Crippen LogP contribution in [0, 0.1) is 11.6 Å². The number of para-hydroxylation sites is 1. The number of Topliss-reactive ketones (excluding diaryl/α,β-unsaturated/α-hetero) is 1. The molecule has 13 heteroatoms. The fourth-order valence-corrected chi connectivity index (χ4v) is 4.50. The predicted molar refractivity (Wildman–Crippen MR) is 156 cm³/mol. The smallest absolute Gasteiger partial charge is 0.335 e. The quantitative estimate of drug-likeness (QED) is 0.179. The maximum Gasteiger partial charge on any atom is 0.335 e. The van der Waals surface area contributed by atoms with Crippen LogP contribution in [0.5, 0.6) is 0 Å². The lowest BCUT2D eigenvalue weighted by Crippen LogP contribution is -2.25. The van der Waals surface area contributed by atoms with Gasteiger partial charge in [-0.15, -0.1) is 0 Å². The number of hydrogen-bond donors (Lipinski definition) is 3. The summed E-state index contributed by atoms with van der Waals surface area (Å²) in [6.45, 7) is -0.169. The average Bonchev–Trinajstić information content (AvgIpc) is 3.45. The lowest BCUT2D eigenvalue weighted by atomic mass is 10.0. The van der Waals surface area contributed by atoms with Crippen molar-refractivity contribution in [3.63, 3.8) is 0 Å². The molecule has 0 saturated carbocycles. The van der Waals surface area contributed by atoms with Crippen LogP contribution in [0.15, 0.2) is 79.0 Å². The maximum atomic E-state index is 13.6. The van der Waals surface area contributed by atoms with Crippen LogP contribution in [0.4, 0.5) is 14.5 Å². The third-order valence-electron chi connectivity index (χ3n) is 6.64. The summed E-state index contributed by atoms with van der Waals surface area (Å²) in [5.74, 6) is -5.00. The van der Waals surface area contributed by atoms with E-state index in [9.17, 15) is 28.0 Å². The molecular formula is C31H22ClF2N5O5. The topological polar surface area (TPSA) is 143 Å². The van der Waals surface area contributed by atoms with Crippen molar-refractivity contribution in [1.82, 2.24) is 19.9 Å². The second-order valence-corrected chi connectivity index (χ2v) is 10.0. The maximum absolute atomic E-state index is 13.6. The molecule has 0 saturated heterocycles. The number of aromatic nitrogens is 3. The predicted octanol–water partition coefficient (Wildman–Crippen LogP) is 5.36. The molecule has 44 heavy (non-hydrogen) atoms. The molecule has 3 N–H and O–H groups in total. The van der Waals surface area contributed by atoms with Gasteiger partial charge in [-0.25, -0.2) is 23.1 Å². The molecule has 2 amide bonds. The number of carboxylic acid groups (broad SMARTS) is 1. The number of halogens is 3. The second-order valence-electron chi connectivity index (χ2n) is 9.61. The normalized spacial score (nSPS) is 10.9. The van der Waals surface area contributed by atoms with Gasteiger partial charge in [-0.3, -0.25) is 14.4 Å². The van der Waals surface area contributed by atoms with Gasteiger partial charge in [0.15, 0.2) is 23.1 Å². The highest BCUT2D eigenvalue weighted by atomic mass is 35.5. The van der Waals surface area contributed by atoms with E-state index in [2.05, 4.69) is 20.7 Å². The van der Waals surface area contributed by atoms with Crippen LogP contribution in [-0.2, 0) is 13.0 Å². The lowest BCUT2D eigenvalue weighted by molar-refractivity contribution is 0.0696. The van der Waals surface area contributed by atoms with E-state index in [1.165, 1.54) is 30.5 Å². The zero-order valence-corrected chi connectivity index (χ0v) is 23.4. The van der Waals surface area contributed by atoms with Crippen molar-refractivity contribution in [2.45, 2.75) is 19.4 Å². The Bertz CT molecular complexity index is 1930. The second kappa shape index (κ2) is 12.8. The van der Waals surface area contributed by atoms with E-state index in [0.717, 1.165) is 16.6 Å². The molecule has 0 unspecified atom stereocenters. The molecule has 5 aromatic rings. The van der Waals surface area contributed by atoms with Gasteiger partial charge in [0.05, 0.1) is 22.5 Å². The number of anilines is 1. The van der Waals surface area contributed by atoms with Gasteiger partial charge in [-0.2, -0.15) is 5.10 Å². The Labute approximate surface area is 253 Å². The summed E-state index contributed by atoms with van der Waals surface area (Å²) in [6.07, 6.45) is 1.42. The number of carboxylic acids is 1. The largest absolute Gasteiger partial charge is 0.478 e. The number of fused-ring (bicyclic) bond motifs is 1. The summed E-state index contributed by atoms with van der Waals surface area (Å²) in [5.41, 5.74) is 1.04. The van der Waals surface area contributed by atoms with Crippen molar-refractivity contribution >= 4 is 46.5 Å². The van der Waals surface area contributed by atoms with Gasteiger partial charge in [0, 0.05) is 13.0 Å². The van der Waals surface area contributed by atoms with Gasteiger partial charge in [-0.05, 0) is 60.0 Å². The summed E-state index contributed by atoms with van der Waals surface area (Å²) in [4.78, 5) is 55.2. The molecule has 2 heterocycles. The molecule has 222 valence electrons. The third-order valence-corrected chi connectivity index (χ3v) is 6.97. The van der Waals surface area contributed by atoms with Crippen molar-refractivity contribution in [3.8, 4) is 0 Å². The van der Waals surface area contributed by atoms with Crippen molar-refractivity contribution in [3.05, 3.63) is 129 Å². The fourth-order valence-electron chi connectivity index (χ4n) is 4.31. The highest BCUT2D eigenvalue weighted by Gasteiger charge is 2.23. The van der Waals surface area contributed by atoms with E-state index in [1.807, 2.05) is 0 Å². The van der Waals surface area contributed by atoms with E-state index in [4.69, 9.17) is 16.7 Å². The molecule has 0 aliphatic carbocycles. The first-order valence-electron chi connectivity index (χ1n) is 13.1. The van der Waals surface area contributed by atoms with Crippen LogP contribution in [0.25, 0.3) is 5.65 Å². The van der Waals surface area contributed by atoms with Crippen molar-refractivity contribution in [2.24, 2.45) is 0 Å². The van der Waals surface area contributed by atoms with Crippen LogP contribution in [0.3, 0.4) is 0 Å². The zero-order chi connectivity index (χ0) is 31.4. The van der Waals surface area contributed by atoms with Crippen molar-refractivity contribution in [1.29, 1.82) is 0 Å². The summed E-state index contributed by atoms with van der Waals surface area (Å²) in [7, 11) is 0. The molecule has 0 bridgehead atoms. The number of hydrogen-bond acceptors (Lipinski definition) is 6. The fraction of sp³-hybridized carbons (Fsp3) is 0.0968. The Balaban J connectivity index is 1.45. The Morgan fingerprint density at radius 1 is 0.886 bits per heavy atom. The van der Waals surface area contributed by atoms with E-state index >= 15 is 0 Å². The number of carbonyl (C=O) groups excluding carboxylic acids is 3. The standard InChI is InChI=1S/C31H22ClF2N5O5/c32-21-3-1-2-4-24(21)38-29(41)20-16-36-39-26(27(40)12-8-17-5-9-19(10-6-17)31(43)44)14-25(37-28(20)39)30(42)35-15-18-7-11-22(33)23(34)13-18/h1-7,9-11,13-14,16H,8,12,15H2,(H,35,42)(H,38,41)(H,43,44). The Hall–Kier alpha value is -5.49. The minimum Gasteiger partial charge on any atom is -0.478 e. The molecule has 5 rings (SSSR count). The van der Waals surface area contributed by atoms with Crippen LogP contribution in [0.1, 0.15) is 59.2 Å². The molecule has 10 nitrogen and oxygen atoms in total. The monoisotopic (exact) mass is 617 g/mol. The molecule has 2 aromatic heterocycles. The molecule has 0 aliphatic heterocycles. The van der Waals surface area contributed by atoms with Crippen LogP contribution >= 0.6 is 11.6 Å². The van der Waals surface area contributed by atoms with Crippen molar-refractivity contribution in [2.75, 3.05) is 5.32 Å². The summed E-state index contributed by atoms with van der Waals surface area (Å²) >= 11 is 6.17. The Morgan fingerprint density at radius 2 is 1.61 bits per heavy atom. The van der Waals surface area contributed by atoms with Crippen LogP contribution < -0.4 is 10.6 Å². The number of amides is 2. The molecule has 0 spiro atoms. The van der Waals surface area contributed by atoms with E-state index in [0.29, 0.717) is 11.3 Å². The van der Waals surface area contributed by atoms with E-state index in [-0.39, 0.29) is 58.1 Å². The van der Waals surface area contributed by atoms with Gasteiger partial charge >= 0.3 is 5.97 Å². The number of aryl methyl sites for hydroxylation is 1. The first kappa shape index (κ1) is 30.0. The number of carbonyl (C=O) groups is 4. The first-order chi connectivity index (χ1) is 21.1. The summed E-state index contributed by atoms with van der Waals surface area (Å²) in [6, 6.07) is 17.0. The summed E-state index contributed by atoms with van der Waals surface area (Å²) < 4.78 is 28.1. The number of nitrogens with zero attached hydrogens (tertiary/aromatic N) is 3. The van der Waals surface area contributed by atoms with Gasteiger partial charge in [0.1, 0.15) is 17.0 Å². The number of rotatable bonds is 10. The number of ketones is 1. The molecular weight excluding hydrogens is 596 g/mol. The third kappa shape index (κ3) is 6.60. The number of aromatic carboxylic acids is 1. The van der Waals surface area contributed by atoms with Gasteiger partial charge in [0.25, 0.3) is 11.8 Å². The van der Waals surface area contributed by atoms with Gasteiger partial charge < -0.3 is 15.7 Å². The molecule has 3 aromatic carbocycles. The van der Waals surface area contributed by atoms with Crippen LogP contribution in [0.2, 0.25) is 5.02 Å². The SMILES string of the molecule is O=C(O)c1ccc(CCC(=O)c2cc(C(=O)NCc3ccc(F)c(F)c3)nc3c(C(=O)Nc4ccccc4Cl)cnn23)cc1. The Morgan fingerprint density at radius 3 is 2.32 bits per heavy atom. The highest BCUT2D eigenvalue weighted by Crippen LogP contribution is 2.23. The van der Waals surface area contributed by atoms with E-state index < -0.39 is 35.2 Å². The van der Waals surface area contributed by atoms with Gasteiger partial charge in [-0.1, -0.05) is 41.9 Å². The van der Waals surface area contributed by atoms with Crippen LogP contribution in [-0.4, -0.2) is 43.3 Å². The number of nitrogens with one attached hydrogen (secondary N) is 2. The molecule has 0 fully saturated rings. The average molecular weight is 618 g/mol. The minimum atomic E-state index is -1.07. The zero-order valence-electron chi connectivity index (χ0n) is 22.7. The van der Waals surface area contributed by atoms with E-state index in [1.54, 1.807) is 36.4 Å². The van der Waals surface area contributed by atoms with Crippen molar-refractivity contribution < 1.29 is 33.1 Å². The first-order valence-corrected chi connectivity index (χ1v) is 13.5.